The number of rotatable bonds is 4. The van der Waals surface area contributed by atoms with Gasteiger partial charge in [-0.2, -0.15) is 0 Å². The molecule has 19 heavy (non-hydrogen) atoms. The van der Waals surface area contributed by atoms with E-state index >= 15 is 0 Å². The summed E-state index contributed by atoms with van der Waals surface area (Å²) in [5, 5.41) is 3.73. The molecule has 1 aromatic heterocycles. The summed E-state index contributed by atoms with van der Waals surface area (Å²) in [5.41, 5.74) is 7.27. The van der Waals surface area contributed by atoms with Crippen molar-refractivity contribution < 1.29 is 12.9 Å². The Labute approximate surface area is 111 Å². The number of nitrogens with one attached hydrogen (secondary N) is 1. The first-order chi connectivity index (χ1) is 8.88. The molecule has 1 heterocycles. The Morgan fingerprint density at radius 2 is 2.05 bits per heavy atom. The van der Waals surface area contributed by atoms with Crippen LogP contribution in [0.4, 0.5) is 5.69 Å². The van der Waals surface area contributed by atoms with Crippen LogP contribution >= 0.6 is 0 Å². The van der Waals surface area contributed by atoms with Crippen molar-refractivity contribution in [3.8, 4) is 0 Å². The maximum Gasteiger partial charge on any atom is 0.241 e. The molecule has 0 saturated heterocycles. The molecule has 0 radical (unpaired) electrons. The van der Waals surface area contributed by atoms with E-state index in [1.807, 2.05) is 0 Å². The molecule has 0 amide bonds. The first kappa shape index (κ1) is 13.6. The zero-order valence-corrected chi connectivity index (χ0v) is 11.5. The number of hydrogen-bond acceptors (Lipinski definition) is 5. The van der Waals surface area contributed by atoms with Gasteiger partial charge in [0, 0.05) is 11.8 Å². The number of hydrogen-bond donors (Lipinski definition) is 2. The minimum Gasteiger partial charge on any atom is -0.399 e. The number of aromatic nitrogens is 1. The predicted molar refractivity (Wildman–Crippen MR) is 70.9 cm³/mol. The third-order valence-corrected chi connectivity index (χ3v) is 4.17. The SMILES string of the molecule is Cc1cc(CNS(=O)(=O)c2ccc(N)cc2C)no1. The molecule has 3 N–H and O–H groups in total. The van der Waals surface area contributed by atoms with Crippen molar-refractivity contribution in [3.05, 3.63) is 41.3 Å². The van der Waals surface area contributed by atoms with Crippen molar-refractivity contribution in [3.63, 3.8) is 0 Å². The standard InChI is InChI=1S/C12H15N3O3S/c1-8-5-10(13)3-4-12(8)19(16,17)14-7-11-6-9(2)18-15-11/h3-6,14H,7,13H2,1-2H3. The maximum absolute atomic E-state index is 12.1. The van der Waals surface area contributed by atoms with E-state index in [1.165, 1.54) is 6.07 Å². The first-order valence-corrected chi connectivity index (χ1v) is 7.15. The number of aryl methyl sites for hydroxylation is 2. The van der Waals surface area contributed by atoms with Gasteiger partial charge >= 0.3 is 0 Å². The van der Waals surface area contributed by atoms with Gasteiger partial charge in [0.25, 0.3) is 0 Å². The highest BCUT2D eigenvalue weighted by Gasteiger charge is 2.17. The number of nitrogen functional groups attached to an aromatic ring is 1. The van der Waals surface area contributed by atoms with Crippen molar-refractivity contribution in [2.24, 2.45) is 0 Å². The van der Waals surface area contributed by atoms with Gasteiger partial charge in [-0.25, -0.2) is 13.1 Å². The number of nitrogens with zero attached hydrogens (tertiary/aromatic N) is 1. The van der Waals surface area contributed by atoms with E-state index in [0.717, 1.165) is 0 Å². The Bertz CT molecular complexity index is 692. The minimum atomic E-state index is -3.58. The fourth-order valence-corrected chi connectivity index (χ4v) is 2.95. The molecule has 0 spiro atoms. The zero-order chi connectivity index (χ0) is 14.0. The van der Waals surface area contributed by atoms with Crippen LogP contribution in [-0.2, 0) is 16.6 Å². The third-order valence-electron chi connectivity index (χ3n) is 2.61. The Kier molecular flexibility index (Phi) is 3.59. The van der Waals surface area contributed by atoms with E-state index in [9.17, 15) is 8.42 Å². The second-order valence-electron chi connectivity index (χ2n) is 4.28. The first-order valence-electron chi connectivity index (χ1n) is 5.66. The van der Waals surface area contributed by atoms with Crippen LogP contribution < -0.4 is 10.5 Å². The molecule has 0 aliphatic heterocycles. The fraction of sp³-hybridized carbons (Fsp3) is 0.250. The van der Waals surface area contributed by atoms with Gasteiger partial charge in [-0.05, 0) is 37.6 Å². The highest BCUT2D eigenvalue weighted by atomic mass is 32.2. The average Bonchev–Trinajstić information content (AvgIpc) is 2.72. The van der Waals surface area contributed by atoms with Crippen LogP contribution in [0.5, 0.6) is 0 Å². The predicted octanol–water partition coefficient (Wildman–Crippen LogP) is 1.35. The van der Waals surface area contributed by atoms with Crippen LogP contribution in [0.1, 0.15) is 17.0 Å². The lowest BCUT2D eigenvalue weighted by atomic mass is 10.2. The van der Waals surface area contributed by atoms with E-state index < -0.39 is 10.0 Å². The summed E-state index contributed by atoms with van der Waals surface area (Å²) in [6, 6.07) is 6.34. The van der Waals surface area contributed by atoms with Crippen LogP contribution in [0.25, 0.3) is 0 Å². The monoisotopic (exact) mass is 281 g/mol. The summed E-state index contributed by atoms with van der Waals surface area (Å²) in [4.78, 5) is 0.210. The molecule has 0 aliphatic rings. The van der Waals surface area contributed by atoms with E-state index in [-0.39, 0.29) is 11.4 Å². The summed E-state index contributed by atoms with van der Waals surface area (Å²) in [6.45, 7) is 3.53. The van der Waals surface area contributed by atoms with Crippen molar-refractivity contribution in [2.45, 2.75) is 25.3 Å². The normalized spacial score (nSPS) is 11.7. The molecule has 0 atom stereocenters. The number of sulfonamides is 1. The van der Waals surface area contributed by atoms with E-state index in [1.54, 1.807) is 32.0 Å². The largest absolute Gasteiger partial charge is 0.399 e. The van der Waals surface area contributed by atoms with Gasteiger partial charge in [0.1, 0.15) is 5.76 Å². The number of nitrogens with two attached hydrogens (primary N) is 1. The maximum atomic E-state index is 12.1. The molecule has 1 aromatic carbocycles. The van der Waals surface area contributed by atoms with Crippen molar-refractivity contribution in [1.82, 2.24) is 9.88 Å². The molecule has 0 saturated carbocycles. The van der Waals surface area contributed by atoms with Crippen LogP contribution in [-0.4, -0.2) is 13.6 Å². The van der Waals surface area contributed by atoms with E-state index in [2.05, 4.69) is 9.88 Å². The lowest BCUT2D eigenvalue weighted by Crippen LogP contribution is -2.24. The molecule has 0 bridgehead atoms. The second kappa shape index (κ2) is 5.02. The smallest absolute Gasteiger partial charge is 0.241 e. The fourth-order valence-electron chi connectivity index (χ4n) is 1.72. The Morgan fingerprint density at radius 3 is 2.63 bits per heavy atom. The zero-order valence-electron chi connectivity index (χ0n) is 10.7. The summed E-state index contributed by atoms with van der Waals surface area (Å²) < 4.78 is 31.6. The van der Waals surface area contributed by atoms with Crippen molar-refractivity contribution in [1.29, 1.82) is 0 Å². The molecule has 2 aromatic rings. The summed E-state index contributed by atoms with van der Waals surface area (Å²) >= 11 is 0. The molecule has 0 unspecified atom stereocenters. The summed E-state index contributed by atoms with van der Waals surface area (Å²) in [5.74, 6) is 0.637. The average molecular weight is 281 g/mol. The van der Waals surface area contributed by atoms with E-state index in [4.69, 9.17) is 10.3 Å². The molecular weight excluding hydrogens is 266 g/mol. The molecule has 0 fully saturated rings. The van der Waals surface area contributed by atoms with Crippen LogP contribution in [0.15, 0.2) is 33.7 Å². The molecule has 7 heteroatoms. The highest BCUT2D eigenvalue weighted by Crippen LogP contribution is 2.18. The van der Waals surface area contributed by atoms with Crippen LogP contribution in [0, 0.1) is 13.8 Å². The van der Waals surface area contributed by atoms with Gasteiger partial charge in [-0.15, -0.1) is 0 Å². The Morgan fingerprint density at radius 1 is 1.32 bits per heavy atom. The van der Waals surface area contributed by atoms with Crippen molar-refractivity contribution >= 4 is 15.7 Å². The van der Waals surface area contributed by atoms with Gasteiger partial charge in [0.05, 0.1) is 17.1 Å². The molecular formula is C12H15N3O3S. The van der Waals surface area contributed by atoms with Crippen molar-refractivity contribution in [2.75, 3.05) is 5.73 Å². The van der Waals surface area contributed by atoms with Crippen LogP contribution in [0.3, 0.4) is 0 Å². The van der Waals surface area contributed by atoms with Gasteiger partial charge < -0.3 is 10.3 Å². The number of benzene rings is 1. The summed E-state index contributed by atoms with van der Waals surface area (Å²) in [7, 11) is -3.58. The molecule has 102 valence electrons. The lowest BCUT2D eigenvalue weighted by Gasteiger charge is -2.08. The van der Waals surface area contributed by atoms with E-state index in [0.29, 0.717) is 22.7 Å². The van der Waals surface area contributed by atoms with Gasteiger partial charge in [-0.3, -0.25) is 0 Å². The highest BCUT2D eigenvalue weighted by molar-refractivity contribution is 7.89. The quantitative estimate of drug-likeness (QED) is 0.824. The number of anilines is 1. The molecule has 0 aliphatic carbocycles. The van der Waals surface area contributed by atoms with Gasteiger partial charge in [0.2, 0.25) is 10.0 Å². The third kappa shape index (κ3) is 3.12. The molecule has 2 rings (SSSR count). The van der Waals surface area contributed by atoms with Gasteiger partial charge in [-0.1, -0.05) is 5.16 Å². The topological polar surface area (TPSA) is 98.2 Å². The van der Waals surface area contributed by atoms with Gasteiger partial charge in [0.15, 0.2) is 0 Å². The minimum absolute atomic E-state index is 0.0868. The Hall–Kier alpha value is -1.86. The molecule has 6 nitrogen and oxygen atoms in total. The summed E-state index contributed by atoms with van der Waals surface area (Å²) in [6.07, 6.45) is 0. The lowest BCUT2D eigenvalue weighted by molar-refractivity contribution is 0.390. The van der Waals surface area contributed by atoms with Crippen LogP contribution in [0.2, 0.25) is 0 Å². The Balaban J connectivity index is 2.18. The second-order valence-corrected chi connectivity index (χ2v) is 6.01.